The van der Waals surface area contributed by atoms with Gasteiger partial charge in [0, 0.05) is 25.2 Å². The second kappa shape index (κ2) is 4.40. The molecule has 17 heavy (non-hydrogen) atoms. The van der Waals surface area contributed by atoms with E-state index in [9.17, 15) is 9.59 Å². The fourth-order valence-electron chi connectivity index (χ4n) is 1.85. The molecule has 0 saturated carbocycles. The predicted octanol–water partition coefficient (Wildman–Crippen LogP) is 0.528. The number of hydrogen-bond acceptors (Lipinski definition) is 4. The highest BCUT2D eigenvalue weighted by atomic mass is 16.5. The van der Waals surface area contributed by atoms with Crippen LogP contribution in [0.5, 0.6) is 5.75 Å². The van der Waals surface area contributed by atoms with E-state index >= 15 is 0 Å². The number of carbonyl (C=O) groups is 2. The Bertz CT molecular complexity index is 461. The number of methoxy groups -OCH3 is 1. The second-order valence-electron chi connectivity index (χ2n) is 3.79. The second-order valence-corrected chi connectivity index (χ2v) is 3.79. The number of carboxylic acids is 1. The van der Waals surface area contributed by atoms with Crippen molar-refractivity contribution < 1.29 is 19.4 Å². The maximum Gasteiger partial charge on any atom is 0.308 e. The van der Waals surface area contributed by atoms with Crippen LogP contribution in [0, 0.1) is 5.92 Å². The fraction of sp³-hybridized carbons (Fsp3) is 0.364. The Kier molecular flexibility index (Phi) is 2.95. The molecule has 1 aliphatic rings. The number of anilines is 1. The zero-order chi connectivity index (χ0) is 12.4. The monoisotopic (exact) mass is 236 g/mol. The highest BCUT2D eigenvalue weighted by Gasteiger charge is 2.36. The summed E-state index contributed by atoms with van der Waals surface area (Å²) in [6.45, 7) is 0.163. The van der Waals surface area contributed by atoms with Gasteiger partial charge in [0.2, 0.25) is 5.91 Å². The van der Waals surface area contributed by atoms with Crippen LogP contribution >= 0.6 is 0 Å². The lowest BCUT2D eigenvalue weighted by atomic mass is 10.1. The SMILES string of the molecule is COc1ccncc1N1CC(C(=O)O)CC1=O. The summed E-state index contributed by atoms with van der Waals surface area (Å²) in [4.78, 5) is 27.9. The number of aromatic nitrogens is 1. The molecule has 1 aromatic rings. The van der Waals surface area contributed by atoms with Crippen molar-refractivity contribution in [1.29, 1.82) is 0 Å². The molecule has 1 saturated heterocycles. The zero-order valence-electron chi connectivity index (χ0n) is 9.29. The van der Waals surface area contributed by atoms with Crippen molar-refractivity contribution >= 4 is 17.6 Å². The van der Waals surface area contributed by atoms with E-state index in [1.807, 2.05) is 0 Å². The summed E-state index contributed by atoms with van der Waals surface area (Å²) in [5.41, 5.74) is 0.517. The molecule has 1 atom stereocenters. The number of carboxylic acid groups (broad SMARTS) is 1. The molecule has 1 N–H and O–H groups in total. The van der Waals surface area contributed by atoms with E-state index in [0.717, 1.165) is 0 Å². The first kappa shape index (κ1) is 11.4. The Hall–Kier alpha value is -2.11. The molecular weight excluding hydrogens is 224 g/mol. The van der Waals surface area contributed by atoms with Crippen LogP contribution in [0.3, 0.4) is 0 Å². The van der Waals surface area contributed by atoms with Gasteiger partial charge >= 0.3 is 5.97 Å². The van der Waals surface area contributed by atoms with Crippen molar-refractivity contribution in [3.05, 3.63) is 18.5 Å². The first-order valence-corrected chi connectivity index (χ1v) is 5.14. The highest BCUT2D eigenvalue weighted by Crippen LogP contribution is 2.31. The number of carbonyl (C=O) groups excluding carboxylic acids is 1. The van der Waals surface area contributed by atoms with Crippen molar-refractivity contribution in [3.63, 3.8) is 0 Å². The Morgan fingerprint density at radius 1 is 1.65 bits per heavy atom. The van der Waals surface area contributed by atoms with Crippen LogP contribution in [-0.2, 0) is 9.59 Å². The van der Waals surface area contributed by atoms with E-state index in [2.05, 4.69) is 4.98 Å². The predicted molar refractivity (Wildman–Crippen MR) is 58.9 cm³/mol. The average molecular weight is 236 g/mol. The molecule has 1 aliphatic heterocycles. The molecule has 0 bridgehead atoms. The van der Waals surface area contributed by atoms with Crippen LogP contribution < -0.4 is 9.64 Å². The maximum atomic E-state index is 11.7. The summed E-state index contributed by atoms with van der Waals surface area (Å²) in [5, 5.41) is 8.90. The highest BCUT2D eigenvalue weighted by molar-refractivity contribution is 6.00. The minimum atomic E-state index is -0.955. The molecule has 6 heteroatoms. The van der Waals surface area contributed by atoms with E-state index in [-0.39, 0.29) is 18.9 Å². The van der Waals surface area contributed by atoms with Crippen LogP contribution in [-0.4, -0.2) is 35.6 Å². The fourth-order valence-corrected chi connectivity index (χ4v) is 1.85. The van der Waals surface area contributed by atoms with Crippen molar-refractivity contribution in [2.75, 3.05) is 18.6 Å². The van der Waals surface area contributed by atoms with Crippen molar-refractivity contribution in [2.45, 2.75) is 6.42 Å². The van der Waals surface area contributed by atoms with Gasteiger partial charge < -0.3 is 14.7 Å². The van der Waals surface area contributed by atoms with E-state index < -0.39 is 11.9 Å². The van der Waals surface area contributed by atoms with Crippen LogP contribution in [0.2, 0.25) is 0 Å². The molecule has 2 heterocycles. The summed E-state index contributed by atoms with van der Waals surface area (Å²) < 4.78 is 5.12. The third-order valence-corrected chi connectivity index (χ3v) is 2.75. The van der Waals surface area contributed by atoms with Gasteiger partial charge in [-0.2, -0.15) is 0 Å². The first-order valence-electron chi connectivity index (χ1n) is 5.14. The smallest absolute Gasteiger partial charge is 0.308 e. The largest absolute Gasteiger partial charge is 0.494 e. The molecule has 1 aromatic heterocycles. The molecule has 6 nitrogen and oxygen atoms in total. The van der Waals surface area contributed by atoms with Gasteiger partial charge in [-0.15, -0.1) is 0 Å². The molecule has 90 valence electrons. The maximum absolute atomic E-state index is 11.7. The molecular formula is C11H12N2O4. The molecule has 0 aromatic carbocycles. The van der Waals surface area contributed by atoms with Crippen molar-refractivity contribution in [1.82, 2.24) is 4.98 Å². The van der Waals surface area contributed by atoms with Gasteiger partial charge in [-0.05, 0) is 0 Å². The number of rotatable bonds is 3. The van der Waals surface area contributed by atoms with Crippen LogP contribution in [0.25, 0.3) is 0 Å². The molecule has 1 fully saturated rings. The summed E-state index contributed by atoms with van der Waals surface area (Å²) in [7, 11) is 1.49. The van der Waals surface area contributed by atoms with E-state index in [0.29, 0.717) is 11.4 Å². The molecule has 1 amide bonds. The zero-order valence-corrected chi connectivity index (χ0v) is 9.29. The Labute approximate surface area is 97.8 Å². The molecule has 0 radical (unpaired) electrons. The quantitative estimate of drug-likeness (QED) is 0.827. The average Bonchev–Trinajstić information content (AvgIpc) is 2.71. The van der Waals surface area contributed by atoms with Crippen molar-refractivity contribution in [2.24, 2.45) is 5.92 Å². The lowest BCUT2D eigenvalue weighted by molar-refractivity contribution is -0.141. The molecule has 0 spiro atoms. The number of hydrogen-bond donors (Lipinski definition) is 1. The summed E-state index contributed by atoms with van der Waals surface area (Å²) in [6, 6.07) is 1.64. The van der Waals surface area contributed by atoms with Crippen LogP contribution in [0.15, 0.2) is 18.5 Å². The normalized spacial score (nSPS) is 19.5. The number of aliphatic carboxylic acids is 1. The Morgan fingerprint density at radius 3 is 3.00 bits per heavy atom. The third-order valence-electron chi connectivity index (χ3n) is 2.75. The molecule has 2 rings (SSSR count). The van der Waals surface area contributed by atoms with Gasteiger partial charge in [0.15, 0.2) is 0 Å². The lowest BCUT2D eigenvalue weighted by Crippen LogP contribution is -2.26. The molecule has 1 unspecified atom stereocenters. The van der Waals surface area contributed by atoms with Gasteiger partial charge in [0.05, 0.1) is 19.2 Å². The summed E-state index contributed by atoms with van der Waals surface area (Å²) >= 11 is 0. The van der Waals surface area contributed by atoms with Crippen LogP contribution in [0.4, 0.5) is 5.69 Å². The number of nitrogens with zero attached hydrogens (tertiary/aromatic N) is 2. The molecule has 0 aliphatic carbocycles. The van der Waals surface area contributed by atoms with Gasteiger partial charge in [0.1, 0.15) is 11.4 Å². The number of amides is 1. The first-order chi connectivity index (χ1) is 8.13. The van der Waals surface area contributed by atoms with E-state index in [1.165, 1.54) is 18.2 Å². The minimum Gasteiger partial charge on any atom is -0.494 e. The number of ether oxygens (including phenoxy) is 1. The number of pyridine rings is 1. The van der Waals surface area contributed by atoms with E-state index in [4.69, 9.17) is 9.84 Å². The van der Waals surface area contributed by atoms with Crippen molar-refractivity contribution in [3.8, 4) is 5.75 Å². The lowest BCUT2D eigenvalue weighted by Gasteiger charge is -2.18. The van der Waals surface area contributed by atoms with Gasteiger partial charge in [-0.3, -0.25) is 14.6 Å². The topological polar surface area (TPSA) is 79.7 Å². The minimum absolute atomic E-state index is 0.0212. The van der Waals surface area contributed by atoms with Crippen LogP contribution in [0.1, 0.15) is 6.42 Å². The third kappa shape index (κ3) is 2.06. The standard InChI is InChI=1S/C11H12N2O4/c1-17-9-2-3-12-5-8(9)13-6-7(11(15)16)4-10(13)14/h2-3,5,7H,4,6H2,1H3,(H,15,16). The Morgan fingerprint density at radius 2 is 2.41 bits per heavy atom. The van der Waals surface area contributed by atoms with Gasteiger partial charge in [-0.25, -0.2) is 0 Å². The summed E-state index contributed by atoms with van der Waals surface area (Å²) in [5.74, 6) is -1.32. The van der Waals surface area contributed by atoms with Gasteiger partial charge in [0.25, 0.3) is 0 Å². The Balaban J connectivity index is 2.29. The van der Waals surface area contributed by atoms with Gasteiger partial charge in [-0.1, -0.05) is 0 Å². The van der Waals surface area contributed by atoms with E-state index in [1.54, 1.807) is 12.3 Å². The summed E-state index contributed by atoms with van der Waals surface area (Å²) in [6.07, 6.45) is 3.08.